The van der Waals surface area contributed by atoms with Crippen molar-refractivity contribution in [2.75, 3.05) is 13.2 Å². The number of ether oxygens (including phenoxy) is 1. The molecule has 5 atom stereocenters. The minimum atomic E-state index is -0.0445. The van der Waals surface area contributed by atoms with Crippen molar-refractivity contribution >= 4 is 0 Å². The van der Waals surface area contributed by atoms with Gasteiger partial charge in [0, 0.05) is 24.0 Å². The molecule has 0 aromatic carbocycles. The summed E-state index contributed by atoms with van der Waals surface area (Å²) in [5, 5.41) is 13.4. The molecule has 3 aliphatic rings. The van der Waals surface area contributed by atoms with Gasteiger partial charge < -0.3 is 15.2 Å². The van der Waals surface area contributed by atoms with Crippen LogP contribution in [0.3, 0.4) is 0 Å². The molecule has 0 amide bonds. The van der Waals surface area contributed by atoms with Crippen LogP contribution >= 0.6 is 0 Å². The molecule has 2 aliphatic carbocycles. The van der Waals surface area contributed by atoms with E-state index in [0.717, 1.165) is 31.9 Å². The van der Waals surface area contributed by atoms with E-state index in [4.69, 9.17) is 4.74 Å². The molecule has 0 radical (unpaired) electrons. The highest BCUT2D eigenvalue weighted by molar-refractivity contribution is 5.10. The molecule has 3 nitrogen and oxygen atoms in total. The van der Waals surface area contributed by atoms with Gasteiger partial charge in [-0.25, -0.2) is 0 Å². The number of aliphatic hydroxyl groups is 1. The Morgan fingerprint density at radius 3 is 2.83 bits per heavy atom. The molecule has 0 spiro atoms. The van der Waals surface area contributed by atoms with Gasteiger partial charge in [0.05, 0.1) is 12.2 Å². The summed E-state index contributed by atoms with van der Waals surface area (Å²) in [6, 6.07) is 0.612. The molecule has 1 aliphatic heterocycles. The van der Waals surface area contributed by atoms with Gasteiger partial charge in [0.15, 0.2) is 0 Å². The second kappa shape index (κ2) is 4.77. The van der Waals surface area contributed by atoms with Crippen molar-refractivity contribution in [3.05, 3.63) is 0 Å². The molecule has 3 rings (SSSR count). The first-order valence-corrected chi connectivity index (χ1v) is 7.62. The summed E-state index contributed by atoms with van der Waals surface area (Å²) < 4.78 is 5.93. The van der Waals surface area contributed by atoms with Gasteiger partial charge in [-0.05, 0) is 44.6 Å². The maximum Gasteiger partial charge on any atom is 0.0684 e. The molecular formula is C15H27NO2. The third-order valence-corrected chi connectivity index (χ3v) is 5.47. The van der Waals surface area contributed by atoms with E-state index in [0.29, 0.717) is 18.1 Å². The third kappa shape index (κ3) is 2.10. The summed E-state index contributed by atoms with van der Waals surface area (Å²) in [6.07, 6.45) is 6.14. The van der Waals surface area contributed by atoms with Crippen molar-refractivity contribution in [2.45, 2.75) is 64.2 Å². The van der Waals surface area contributed by atoms with Crippen molar-refractivity contribution in [3.8, 4) is 0 Å². The number of hydrogen-bond donors (Lipinski definition) is 2. The summed E-state index contributed by atoms with van der Waals surface area (Å²) in [5.41, 5.74) is 0.280. The van der Waals surface area contributed by atoms with Crippen LogP contribution in [-0.4, -0.2) is 36.5 Å². The molecule has 0 aromatic rings. The van der Waals surface area contributed by atoms with Gasteiger partial charge in [-0.15, -0.1) is 0 Å². The standard InChI is InChI=1S/C15H27NO2/c1-15(2)13(12-4-3-7-18-14(12)15)16-9-10-5-6-11(17)8-10/h10-14,16-17H,3-9H2,1-2H3. The minimum absolute atomic E-state index is 0.0445. The molecule has 1 saturated heterocycles. The zero-order valence-corrected chi connectivity index (χ0v) is 11.7. The van der Waals surface area contributed by atoms with E-state index in [-0.39, 0.29) is 11.5 Å². The Bertz CT molecular complexity index is 305. The lowest BCUT2D eigenvalue weighted by molar-refractivity contribution is -0.192. The summed E-state index contributed by atoms with van der Waals surface area (Å²) in [7, 11) is 0. The average molecular weight is 253 g/mol. The van der Waals surface area contributed by atoms with Crippen LogP contribution in [0.15, 0.2) is 0 Å². The number of nitrogens with one attached hydrogen (secondary N) is 1. The van der Waals surface area contributed by atoms with Crippen LogP contribution in [0.5, 0.6) is 0 Å². The first-order valence-electron chi connectivity index (χ1n) is 7.62. The van der Waals surface area contributed by atoms with Crippen molar-refractivity contribution in [1.29, 1.82) is 0 Å². The van der Waals surface area contributed by atoms with Crippen LogP contribution in [-0.2, 0) is 4.74 Å². The second-order valence-corrected chi connectivity index (χ2v) is 7.14. The molecule has 0 aromatic heterocycles. The van der Waals surface area contributed by atoms with Crippen molar-refractivity contribution in [2.24, 2.45) is 17.3 Å². The molecule has 18 heavy (non-hydrogen) atoms. The third-order valence-electron chi connectivity index (χ3n) is 5.47. The molecule has 1 heterocycles. The average Bonchev–Trinajstić information content (AvgIpc) is 2.75. The van der Waals surface area contributed by atoms with E-state index in [1.807, 2.05) is 0 Å². The van der Waals surface area contributed by atoms with E-state index in [2.05, 4.69) is 19.2 Å². The summed E-state index contributed by atoms with van der Waals surface area (Å²) in [4.78, 5) is 0. The molecule has 3 heteroatoms. The van der Waals surface area contributed by atoms with Crippen molar-refractivity contribution < 1.29 is 9.84 Å². The molecule has 5 unspecified atom stereocenters. The zero-order valence-electron chi connectivity index (χ0n) is 11.7. The Hall–Kier alpha value is -0.120. The Labute approximate surface area is 110 Å². The first-order chi connectivity index (χ1) is 8.59. The van der Waals surface area contributed by atoms with E-state index >= 15 is 0 Å². The lowest BCUT2D eigenvalue weighted by Crippen LogP contribution is -2.69. The predicted octanol–water partition coefficient (Wildman–Crippen LogP) is 1.94. The lowest BCUT2D eigenvalue weighted by Gasteiger charge is -2.60. The van der Waals surface area contributed by atoms with Gasteiger partial charge in [-0.3, -0.25) is 0 Å². The second-order valence-electron chi connectivity index (χ2n) is 7.14. The molecular weight excluding hydrogens is 226 g/mol. The van der Waals surface area contributed by atoms with Crippen molar-refractivity contribution in [1.82, 2.24) is 5.32 Å². The molecule has 2 saturated carbocycles. The molecule has 3 fully saturated rings. The Morgan fingerprint density at radius 2 is 2.11 bits per heavy atom. The normalized spacial score (nSPS) is 46.5. The van der Waals surface area contributed by atoms with Crippen molar-refractivity contribution in [3.63, 3.8) is 0 Å². The summed E-state index contributed by atoms with van der Waals surface area (Å²) in [6.45, 7) is 6.70. The maximum atomic E-state index is 9.58. The van der Waals surface area contributed by atoms with E-state index in [1.165, 1.54) is 19.3 Å². The van der Waals surface area contributed by atoms with Crippen LogP contribution in [0.2, 0.25) is 0 Å². The SMILES string of the molecule is CC1(C)C(NCC2CCC(O)C2)C2CCCOC21. The number of rotatable bonds is 3. The van der Waals surface area contributed by atoms with Gasteiger partial charge in [0.2, 0.25) is 0 Å². The monoisotopic (exact) mass is 253 g/mol. The minimum Gasteiger partial charge on any atom is -0.393 e. The van der Waals surface area contributed by atoms with E-state index in [1.54, 1.807) is 0 Å². The number of hydrogen-bond acceptors (Lipinski definition) is 3. The van der Waals surface area contributed by atoms with E-state index < -0.39 is 0 Å². The fourth-order valence-corrected chi connectivity index (χ4v) is 4.46. The van der Waals surface area contributed by atoms with Gasteiger partial charge >= 0.3 is 0 Å². The van der Waals surface area contributed by atoms with Gasteiger partial charge in [-0.1, -0.05) is 13.8 Å². The lowest BCUT2D eigenvalue weighted by atomic mass is 9.55. The Morgan fingerprint density at radius 1 is 1.28 bits per heavy atom. The summed E-state index contributed by atoms with van der Waals surface area (Å²) in [5.74, 6) is 1.40. The van der Waals surface area contributed by atoms with Crippen LogP contribution in [0.4, 0.5) is 0 Å². The van der Waals surface area contributed by atoms with Crippen LogP contribution < -0.4 is 5.32 Å². The fraction of sp³-hybridized carbons (Fsp3) is 1.00. The molecule has 0 bridgehead atoms. The predicted molar refractivity (Wildman–Crippen MR) is 71.4 cm³/mol. The highest BCUT2D eigenvalue weighted by Gasteiger charge is 2.57. The van der Waals surface area contributed by atoms with Crippen LogP contribution in [0.25, 0.3) is 0 Å². The number of fused-ring (bicyclic) bond motifs is 1. The van der Waals surface area contributed by atoms with Gasteiger partial charge in [-0.2, -0.15) is 0 Å². The highest BCUT2D eigenvalue weighted by Crippen LogP contribution is 2.51. The largest absolute Gasteiger partial charge is 0.393 e. The van der Waals surface area contributed by atoms with Crippen LogP contribution in [0.1, 0.15) is 46.0 Å². The van der Waals surface area contributed by atoms with Crippen LogP contribution in [0, 0.1) is 17.3 Å². The Kier molecular flexibility index (Phi) is 3.41. The van der Waals surface area contributed by atoms with E-state index in [9.17, 15) is 5.11 Å². The molecule has 2 N–H and O–H groups in total. The molecule has 104 valence electrons. The number of aliphatic hydroxyl groups excluding tert-OH is 1. The fourth-order valence-electron chi connectivity index (χ4n) is 4.46. The Balaban J connectivity index is 1.53. The zero-order chi connectivity index (χ0) is 12.8. The quantitative estimate of drug-likeness (QED) is 0.807. The maximum absolute atomic E-state index is 9.58. The first kappa shape index (κ1) is 12.9. The topological polar surface area (TPSA) is 41.5 Å². The summed E-state index contributed by atoms with van der Waals surface area (Å²) >= 11 is 0. The van der Waals surface area contributed by atoms with Gasteiger partial charge in [0.1, 0.15) is 0 Å². The highest BCUT2D eigenvalue weighted by atomic mass is 16.5. The smallest absolute Gasteiger partial charge is 0.0684 e. The van der Waals surface area contributed by atoms with Gasteiger partial charge in [0.25, 0.3) is 0 Å².